The Morgan fingerprint density at radius 2 is 1.60 bits per heavy atom. The predicted molar refractivity (Wildman–Crippen MR) is 143 cm³/mol. The molecule has 0 fully saturated rings. The Bertz CT molecular complexity index is 1560. The lowest BCUT2D eigenvalue weighted by Gasteiger charge is -2.38. The van der Waals surface area contributed by atoms with E-state index in [4.69, 9.17) is 0 Å². The minimum Gasteiger partial charge on any atom is -0.378 e. The van der Waals surface area contributed by atoms with Crippen molar-refractivity contribution in [3.8, 4) is 0 Å². The maximum Gasteiger partial charge on any atom is 0.261 e. The second-order valence-electron chi connectivity index (χ2n) is 9.67. The molecule has 0 spiro atoms. The Kier molecular flexibility index (Phi) is 5.19. The van der Waals surface area contributed by atoms with Crippen LogP contribution in [-0.4, -0.2) is 8.42 Å². The predicted octanol–water partition coefficient (Wildman–Crippen LogP) is 7.08. The van der Waals surface area contributed by atoms with Gasteiger partial charge in [0.15, 0.2) is 0 Å². The number of sulfonamides is 1. The van der Waals surface area contributed by atoms with Gasteiger partial charge < -0.3 is 5.32 Å². The molecule has 176 valence electrons. The number of aryl methyl sites for hydroxylation is 2. The molecule has 3 atom stereocenters. The van der Waals surface area contributed by atoms with Gasteiger partial charge in [0.05, 0.1) is 16.6 Å². The Morgan fingerprint density at radius 3 is 2.43 bits per heavy atom. The zero-order chi connectivity index (χ0) is 24.2. The molecule has 0 amide bonds. The van der Waals surface area contributed by atoms with Crippen molar-refractivity contribution in [2.24, 2.45) is 5.92 Å². The van der Waals surface area contributed by atoms with Crippen LogP contribution in [0.3, 0.4) is 0 Å². The summed E-state index contributed by atoms with van der Waals surface area (Å²) in [5.41, 5.74) is 5.81. The molecule has 0 aromatic heterocycles. The molecule has 2 aliphatic rings. The molecular weight excluding hydrogens is 452 g/mol. The maximum absolute atomic E-state index is 13.4. The smallest absolute Gasteiger partial charge is 0.261 e. The first-order valence-electron chi connectivity index (χ1n) is 12.1. The van der Waals surface area contributed by atoms with Crippen molar-refractivity contribution >= 4 is 32.2 Å². The first-order valence-corrected chi connectivity index (χ1v) is 13.5. The highest BCUT2D eigenvalue weighted by atomic mass is 32.2. The molecule has 4 aromatic rings. The molecule has 1 heterocycles. The molecule has 3 unspecified atom stereocenters. The Morgan fingerprint density at radius 1 is 0.857 bits per heavy atom. The third-order valence-electron chi connectivity index (χ3n) is 7.52. The maximum atomic E-state index is 13.4. The first-order chi connectivity index (χ1) is 16.9. The molecule has 2 N–H and O–H groups in total. The molecule has 6 rings (SSSR count). The van der Waals surface area contributed by atoms with E-state index in [0.717, 1.165) is 28.8 Å². The highest BCUT2D eigenvalue weighted by molar-refractivity contribution is 7.92. The fourth-order valence-electron chi connectivity index (χ4n) is 5.74. The minimum absolute atomic E-state index is 0.156. The first kappa shape index (κ1) is 21.9. The lowest BCUT2D eigenvalue weighted by atomic mass is 9.76. The van der Waals surface area contributed by atoms with Gasteiger partial charge in [-0.1, -0.05) is 72.8 Å². The third kappa shape index (κ3) is 3.71. The van der Waals surface area contributed by atoms with E-state index in [-0.39, 0.29) is 12.0 Å². The number of nitrogens with one attached hydrogen (secondary N) is 2. The van der Waals surface area contributed by atoms with Gasteiger partial charge in [-0.25, -0.2) is 8.42 Å². The van der Waals surface area contributed by atoms with Gasteiger partial charge in [0.1, 0.15) is 0 Å². The van der Waals surface area contributed by atoms with Crippen LogP contribution in [0, 0.1) is 19.8 Å². The highest BCUT2D eigenvalue weighted by Crippen LogP contribution is 2.51. The van der Waals surface area contributed by atoms with Crippen molar-refractivity contribution in [3.63, 3.8) is 0 Å². The molecule has 0 saturated heterocycles. The zero-order valence-corrected chi connectivity index (χ0v) is 20.6. The summed E-state index contributed by atoms with van der Waals surface area (Å²) in [6.45, 7) is 3.84. The molecule has 0 radical (unpaired) electrons. The quantitative estimate of drug-likeness (QED) is 0.307. The van der Waals surface area contributed by atoms with Crippen molar-refractivity contribution in [1.82, 2.24) is 0 Å². The van der Waals surface area contributed by atoms with E-state index in [2.05, 4.69) is 64.7 Å². The van der Waals surface area contributed by atoms with Crippen LogP contribution in [0.2, 0.25) is 0 Å². The molecular formula is C30H28N2O2S. The van der Waals surface area contributed by atoms with Crippen LogP contribution in [0.25, 0.3) is 10.8 Å². The number of allylic oxidation sites excluding steroid dienone is 2. The van der Waals surface area contributed by atoms with Gasteiger partial charge in [-0.05, 0) is 77.4 Å². The standard InChI is InChI=1S/C30H28N2O2S/c1-19-8-5-9-20(2)29(19)32-35(33,34)22-16-17-28-27(18-22)24-13-7-15-26(24)30(31-28)25-14-6-11-21-10-3-4-12-23(21)25/h3-14,16-18,24,26,30-32H,15H2,1-2H3. The van der Waals surface area contributed by atoms with E-state index < -0.39 is 10.0 Å². The summed E-state index contributed by atoms with van der Waals surface area (Å²) < 4.78 is 29.6. The molecule has 5 heteroatoms. The van der Waals surface area contributed by atoms with Crippen LogP contribution in [0.4, 0.5) is 11.4 Å². The van der Waals surface area contributed by atoms with Crippen LogP contribution in [-0.2, 0) is 10.0 Å². The lowest BCUT2D eigenvalue weighted by Crippen LogP contribution is -2.29. The van der Waals surface area contributed by atoms with Crippen LogP contribution in [0.15, 0.2) is 95.9 Å². The van der Waals surface area contributed by atoms with Crippen LogP contribution in [0.1, 0.15) is 40.6 Å². The van der Waals surface area contributed by atoms with Gasteiger partial charge in [0, 0.05) is 11.6 Å². The summed E-state index contributed by atoms with van der Waals surface area (Å²) >= 11 is 0. The van der Waals surface area contributed by atoms with Crippen molar-refractivity contribution in [2.75, 3.05) is 10.0 Å². The van der Waals surface area contributed by atoms with Crippen LogP contribution >= 0.6 is 0 Å². The zero-order valence-electron chi connectivity index (χ0n) is 19.8. The minimum atomic E-state index is -3.72. The molecule has 4 nitrogen and oxygen atoms in total. The normalized spacial score (nSPS) is 20.8. The van der Waals surface area contributed by atoms with E-state index in [1.165, 1.54) is 16.3 Å². The van der Waals surface area contributed by atoms with Gasteiger partial charge in [0.25, 0.3) is 10.0 Å². The molecule has 1 aliphatic heterocycles. The number of para-hydroxylation sites is 1. The third-order valence-corrected chi connectivity index (χ3v) is 8.87. The Hall–Kier alpha value is -3.57. The van der Waals surface area contributed by atoms with Crippen molar-refractivity contribution in [2.45, 2.75) is 37.1 Å². The van der Waals surface area contributed by atoms with Crippen LogP contribution < -0.4 is 10.0 Å². The van der Waals surface area contributed by atoms with Gasteiger partial charge >= 0.3 is 0 Å². The molecule has 0 saturated carbocycles. The van der Waals surface area contributed by atoms with E-state index in [9.17, 15) is 8.42 Å². The van der Waals surface area contributed by atoms with E-state index in [0.29, 0.717) is 16.5 Å². The van der Waals surface area contributed by atoms with Gasteiger partial charge in [-0.15, -0.1) is 0 Å². The highest BCUT2D eigenvalue weighted by Gasteiger charge is 2.39. The summed E-state index contributed by atoms with van der Waals surface area (Å²) in [6.07, 6.45) is 5.45. The number of hydrogen-bond acceptors (Lipinski definition) is 3. The van der Waals surface area contributed by atoms with E-state index >= 15 is 0 Å². The van der Waals surface area contributed by atoms with Crippen molar-refractivity contribution in [1.29, 1.82) is 0 Å². The Labute approximate surface area is 206 Å². The largest absolute Gasteiger partial charge is 0.378 e. The van der Waals surface area contributed by atoms with Crippen LogP contribution in [0.5, 0.6) is 0 Å². The number of benzene rings is 4. The van der Waals surface area contributed by atoms with Gasteiger partial charge in [-0.2, -0.15) is 0 Å². The molecule has 4 aromatic carbocycles. The van der Waals surface area contributed by atoms with Gasteiger partial charge in [-0.3, -0.25) is 4.72 Å². The molecule has 35 heavy (non-hydrogen) atoms. The number of hydrogen-bond donors (Lipinski definition) is 2. The fourth-order valence-corrected chi connectivity index (χ4v) is 6.98. The van der Waals surface area contributed by atoms with Crippen molar-refractivity contribution in [3.05, 3.63) is 113 Å². The summed E-state index contributed by atoms with van der Waals surface area (Å²) in [4.78, 5) is 0.295. The number of anilines is 2. The number of fused-ring (bicyclic) bond motifs is 4. The summed E-state index contributed by atoms with van der Waals surface area (Å²) in [7, 11) is -3.72. The SMILES string of the molecule is Cc1cccc(C)c1NS(=O)(=O)c1ccc2c(c1)C1C=CCC1C(c1cccc3ccccc13)N2. The van der Waals surface area contributed by atoms with Gasteiger partial charge in [0.2, 0.25) is 0 Å². The number of rotatable bonds is 4. The Balaban J connectivity index is 1.39. The average molecular weight is 481 g/mol. The second-order valence-corrected chi connectivity index (χ2v) is 11.3. The summed E-state index contributed by atoms with van der Waals surface area (Å²) in [6, 6.07) is 26.4. The summed E-state index contributed by atoms with van der Waals surface area (Å²) in [5, 5.41) is 6.27. The van der Waals surface area contributed by atoms with E-state index in [1.54, 1.807) is 6.07 Å². The summed E-state index contributed by atoms with van der Waals surface area (Å²) in [5.74, 6) is 0.503. The average Bonchev–Trinajstić information content (AvgIpc) is 3.36. The topological polar surface area (TPSA) is 58.2 Å². The van der Waals surface area contributed by atoms with Crippen molar-refractivity contribution < 1.29 is 8.42 Å². The monoisotopic (exact) mass is 480 g/mol. The fraction of sp³-hybridized carbons (Fsp3) is 0.200. The lowest BCUT2D eigenvalue weighted by molar-refractivity contribution is 0.427. The molecule has 1 aliphatic carbocycles. The molecule has 0 bridgehead atoms. The second kappa shape index (κ2) is 8.28. The van der Waals surface area contributed by atoms with E-state index in [1.807, 2.05) is 44.2 Å².